The van der Waals surface area contributed by atoms with Gasteiger partial charge in [0.05, 0.1) is 15.3 Å². The summed E-state index contributed by atoms with van der Waals surface area (Å²) in [6.07, 6.45) is 0. The van der Waals surface area contributed by atoms with Gasteiger partial charge in [0, 0.05) is 63.8 Å². The van der Waals surface area contributed by atoms with Crippen LogP contribution in [0, 0.1) is 20.2 Å². The molecule has 1 spiro atoms. The van der Waals surface area contributed by atoms with Gasteiger partial charge in [0.25, 0.3) is 11.4 Å². The first kappa shape index (κ1) is 22.7. The Kier molecular flexibility index (Phi) is 4.69. The van der Waals surface area contributed by atoms with Crippen molar-refractivity contribution in [3.63, 3.8) is 0 Å². The van der Waals surface area contributed by atoms with Crippen LogP contribution in [0.5, 0.6) is 0 Å². The normalized spacial score (nSPS) is 13.5. The van der Waals surface area contributed by atoms with Crippen LogP contribution in [0.3, 0.4) is 0 Å². The molecule has 2 aliphatic carbocycles. The van der Waals surface area contributed by atoms with E-state index in [0.717, 1.165) is 55.9 Å². The van der Waals surface area contributed by atoms with Gasteiger partial charge in [-0.3, -0.25) is 20.2 Å². The zero-order valence-corrected chi connectivity index (χ0v) is 20.9. The molecule has 8 nitrogen and oxygen atoms in total. The molecule has 37 heavy (non-hydrogen) atoms. The lowest BCUT2D eigenvalue weighted by Crippen LogP contribution is -2.27. The summed E-state index contributed by atoms with van der Waals surface area (Å²) in [7, 11) is 7.86. The van der Waals surface area contributed by atoms with Crippen molar-refractivity contribution in [3.8, 4) is 22.3 Å². The van der Waals surface area contributed by atoms with Crippen molar-refractivity contribution < 1.29 is 9.85 Å². The molecule has 4 aromatic carbocycles. The second-order valence-electron chi connectivity index (χ2n) is 9.97. The summed E-state index contributed by atoms with van der Waals surface area (Å²) in [6, 6.07) is 22.3. The van der Waals surface area contributed by atoms with Crippen LogP contribution in [0.2, 0.25) is 0 Å². The van der Waals surface area contributed by atoms with Gasteiger partial charge in [-0.1, -0.05) is 12.1 Å². The maximum atomic E-state index is 11.9. The van der Waals surface area contributed by atoms with Crippen LogP contribution in [0.4, 0.5) is 22.7 Å². The molecular weight excluding hydrogens is 468 g/mol. The van der Waals surface area contributed by atoms with Crippen molar-refractivity contribution in [2.45, 2.75) is 5.41 Å². The fourth-order valence-corrected chi connectivity index (χ4v) is 5.96. The molecule has 0 aromatic heterocycles. The number of fused-ring (bicyclic) bond motifs is 10. The van der Waals surface area contributed by atoms with Crippen LogP contribution in [-0.4, -0.2) is 38.0 Å². The highest BCUT2D eigenvalue weighted by atomic mass is 16.6. The van der Waals surface area contributed by atoms with E-state index in [1.54, 1.807) is 24.3 Å². The smallest absolute Gasteiger partial charge is 0.269 e. The largest absolute Gasteiger partial charge is 0.378 e. The van der Waals surface area contributed by atoms with Crippen molar-refractivity contribution in [1.82, 2.24) is 0 Å². The van der Waals surface area contributed by atoms with E-state index in [-0.39, 0.29) is 21.2 Å². The third-order valence-electron chi connectivity index (χ3n) is 7.66. The molecule has 184 valence electrons. The average molecular weight is 493 g/mol. The van der Waals surface area contributed by atoms with Crippen molar-refractivity contribution >= 4 is 22.7 Å². The topological polar surface area (TPSA) is 92.8 Å². The molecule has 0 amide bonds. The predicted octanol–water partition coefficient (Wildman–Crippen LogP) is 5.98. The zero-order chi connectivity index (χ0) is 26.2. The average Bonchev–Trinajstić information content (AvgIpc) is 3.33. The van der Waals surface area contributed by atoms with E-state index >= 15 is 0 Å². The first-order valence-electron chi connectivity index (χ1n) is 11.9. The monoisotopic (exact) mass is 492 g/mol. The second kappa shape index (κ2) is 7.64. The maximum absolute atomic E-state index is 11.9. The molecule has 0 saturated heterocycles. The molecule has 0 saturated carbocycles. The molecule has 0 radical (unpaired) electrons. The summed E-state index contributed by atoms with van der Waals surface area (Å²) in [5.41, 5.74) is 8.18. The molecule has 0 atom stereocenters. The molecule has 4 aromatic rings. The Bertz CT molecular complexity index is 1540. The summed E-state index contributed by atoms with van der Waals surface area (Å²) < 4.78 is 0. The molecule has 2 aliphatic rings. The third-order valence-corrected chi connectivity index (χ3v) is 7.66. The number of nitrogens with zero attached hydrogens (tertiary/aromatic N) is 4. The van der Waals surface area contributed by atoms with Gasteiger partial charge in [0.15, 0.2) is 0 Å². The van der Waals surface area contributed by atoms with Gasteiger partial charge in [-0.2, -0.15) is 0 Å². The van der Waals surface area contributed by atoms with Crippen molar-refractivity contribution in [1.29, 1.82) is 0 Å². The first-order valence-corrected chi connectivity index (χ1v) is 11.9. The second-order valence-corrected chi connectivity index (χ2v) is 9.97. The van der Waals surface area contributed by atoms with E-state index in [2.05, 4.69) is 24.3 Å². The van der Waals surface area contributed by atoms with E-state index in [1.165, 1.54) is 12.1 Å². The van der Waals surface area contributed by atoms with Gasteiger partial charge >= 0.3 is 0 Å². The Balaban J connectivity index is 1.83. The van der Waals surface area contributed by atoms with Crippen LogP contribution in [0.15, 0.2) is 72.8 Å². The number of non-ortho nitro benzene ring substituents is 2. The Labute approximate surface area is 213 Å². The Hall–Kier alpha value is -4.72. The quantitative estimate of drug-likeness (QED) is 0.222. The molecule has 0 N–H and O–H groups in total. The van der Waals surface area contributed by atoms with Crippen LogP contribution >= 0.6 is 0 Å². The highest BCUT2D eigenvalue weighted by molar-refractivity contribution is 5.97. The van der Waals surface area contributed by atoms with Crippen LogP contribution in [0.1, 0.15) is 22.3 Å². The van der Waals surface area contributed by atoms with E-state index in [1.807, 2.05) is 50.1 Å². The molecule has 0 heterocycles. The van der Waals surface area contributed by atoms with Crippen molar-refractivity contribution in [2.75, 3.05) is 38.0 Å². The van der Waals surface area contributed by atoms with Gasteiger partial charge in [-0.15, -0.1) is 0 Å². The Morgan fingerprint density at radius 1 is 0.541 bits per heavy atom. The van der Waals surface area contributed by atoms with E-state index in [0.29, 0.717) is 0 Å². The summed E-state index contributed by atoms with van der Waals surface area (Å²) >= 11 is 0. The number of hydrogen-bond acceptors (Lipinski definition) is 6. The molecule has 0 fully saturated rings. The van der Waals surface area contributed by atoms with Gasteiger partial charge in [0.2, 0.25) is 0 Å². The first-order chi connectivity index (χ1) is 17.6. The Morgan fingerprint density at radius 3 is 1.19 bits per heavy atom. The third kappa shape index (κ3) is 2.95. The number of hydrogen-bond donors (Lipinski definition) is 0. The summed E-state index contributed by atoms with van der Waals surface area (Å²) in [4.78, 5) is 27.1. The van der Waals surface area contributed by atoms with Gasteiger partial charge < -0.3 is 9.80 Å². The number of nitro groups is 2. The number of anilines is 2. The molecule has 0 aliphatic heterocycles. The van der Waals surface area contributed by atoms with Gasteiger partial charge in [0.1, 0.15) is 0 Å². The Morgan fingerprint density at radius 2 is 0.865 bits per heavy atom. The fraction of sp³-hybridized carbons (Fsp3) is 0.172. The van der Waals surface area contributed by atoms with Crippen LogP contribution < -0.4 is 9.80 Å². The van der Waals surface area contributed by atoms with Crippen LogP contribution in [0.25, 0.3) is 22.3 Å². The van der Waals surface area contributed by atoms with Crippen LogP contribution in [-0.2, 0) is 5.41 Å². The molecule has 0 bridgehead atoms. The number of benzene rings is 4. The molecule has 0 unspecified atom stereocenters. The minimum atomic E-state index is -0.939. The number of nitro benzene ring substituents is 2. The van der Waals surface area contributed by atoms with Gasteiger partial charge in [-0.25, -0.2) is 0 Å². The maximum Gasteiger partial charge on any atom is 0.269 e. The SMILES string of the molecule is CN(C)c1ccc2c(c1)C1(c3cc(N(C)C)ccc3-c3ccc([N+](=O)[O-])cc31)c1cc([N+](=O)[O-])ccc1-2. The molecule has 8 heteroatoms. The zero-order valence-electron chi connectivity index (χ0n) is 20.9. The summed E-state index contributed by atoms with van der Waals surface area (Å²) in [5, 5.41) is 23.8. The van der Waals surface area contributed by atoms with Gasteiger partial charge in [-0.05, 0) is 80.9 Å². The lowest BCUT2D eigenvalue weighted by molar-refractivity contribution is -0.385. The lowest BCUT2D eigenvalue weighted by Gasteiger charge is -2.31. The van der Waals surface area contributed by atoms with E-state index in [9.17, 15) is 20.2 Å². The minimum absolute atomic E-state index is 0.0111. The highest BCUT2D eigenvalue weighted by Gasteiger charge is 2.53. The molecular formula is C29H24N4O4. The van der Waals surface area contributed by atoms with E-state index in [4.69, 9.17) is 0 Å². The minimum Gasteiger partial charge on any atom is -0.378 e. The van der Waals surface area contributed by atoms with E-state index < -0.39 is 5.41 Å². The molecule has 6 rings (SSSR count). The summed E-state index contributed by atoms with van der Waals surface area (Å²) in [6.45, 7) is 0. The highest BCUT2D eigenvalue weighted by Crippen LogP contribution is 2.64. The fourth-order valence-electron chi connectivity index (χ4n) is 5.96. The van der Waals surface area contributed by atoms with Crippen molar-refractivity contribution in [3.05, 3.63) is 115 Å². The summed E-state index contributed by atoms with van der Waals surface area (Å²) in [5.74, 6) is 0. The predicted molar refractivity (Wildman–Crippen MR) is 145 cm³/mol. The lowest BCUT2D eigenvalue weighted by atomic mass is 9.70. The van der Waals surface area contributed by atoms with Crippen molar-refractivity contribution in [2.24, 2.45) is 0 Å². The number of rotatable bonds is 4. The standard InChI is InChI=1S/C29H24N4O4/c1-30(2)17-5-9-21-23-11-7-19(32(34)35)15-27(23)29(25(21)13-17)26-14-18(31(3)4)6-10-22(26)24-12-8-20(33(36)37)16-28(24)29/h5-16H,1-4H3.